The molecule has 1 N–H and O–H groups in total. The van der Waals surface area contributed by atoms with Gasteiger partial charge in [0.25, 0.3) is 0 Å². The molecule has 1 heterocycles. The molecule has 0 bridgehead atoms. The third-order valence-electron chi connectivity index (χ3n) is 3.71. The van der Waals surface area contributed by atoms with E-state index in [0.29, 0.717) is 22.6 Å². The van der Waals surface area contributed by atoms with Crippen LogP contribution in [0.2, 0.25) is 0 Å². The van der Waals surface area contributed by atoms with Crippen molar-refractivity contribution in [3.8, 4) is 11.8 Å². The van der Waals surface area contributed by atoms with Crippen molar-refractivity contribution in [2.24, 2.45) is 0 Å². The second-order valence-electron chi connectivity index (χ2n) is 5.74. The molecule has 0 unspecified atom stereocenters. The summed E-state index contributed by atoms with van der Waals surface area (Å²) in [5, 5.41) is 2.78. The molecule has 0 atom stereocenters. The quantitative estimate of drug-likeness (QED) is 0.426. The van der Waals surface area contributed by atoms with Gasteiger partial charge in [0, 0.05) is 22.9 Å². The average Bonchev–Trinajstić information content (AvgIpc) is 3.24. The average molecular weight is 371 g/mol. The van der Waals surface area contributed by atoms with Crippen molar-refractivity contribution >= 4 is 23.6 Å². The molecular formula is C23H17NO4. The van der Waals surface area contributed by atoms with Gasteiger partial charge in [-0.25, -0.2) is 4.79 Å². The van der Waals surface area contributed by atoms with Gasteiger partial charge in [0.2, 0.25) is 5.91 Å². The summed E-state index contributed by atoms with van der Waals surface area (Å²) >= 11 is 0. The van der Waals surface area contributed by atoms with E-state index in [4.69, 9.17) is 9.15 Å². The third-order valence-corrected chi connectivity index (χ3v) is 3.71. The summed E-state index contributed by atoms with van der Waals surface area (Å²) in [6.45, 7) is 0. The van der Waals surface area contributed by atoms with Crippen LogP contribution in [0.15, 0.2) is 77.4 Å². The minimum atomic E-state index is -0.407. The molecule has 0 saturated heterocycles. The molecule has 28 heavy (non-hydrogen) atoms. The number of hydrogen-bond donors (Lipinski definition) is 1. The molecule has 0 aliphatic heterocycles. The number of carbonyl (C=O) groups is 2. The zero-order chi connectivity index (χ0) is 19.8. The number of carbonyl (C=O) groups excluding carboxylic acids is 2. The molecule has 0 radical (unpaired) electrons. The Labute approximate surface area is 162 Å². The molecular weight excluding hydrogens is 354 g/mol. The van der Waals surface area contributed by atoms with Crippen LogP contribution in [-0.4, -0.2) is 19.0 Å². The lowest BCUT2D eigenvalue weighted by atomic mass is 10.1. The lowest BCUT2D eigenvalue weighted by Gasteiger charge is -2.02. The van der Waals surface area contributed by atoms with Crippen LogP contribution in [-0.2, 0) is 9.53 Å². The van der Waals surface area contributed by atoms with Crippen LogP contribution in [0.1, 0.15) is 27.2 Å². The maximum Gasteiger partial charge on any atom is 0.337 e. The number of furan rings is 1. The predicted octanol–water partition coefficient (Wildman–Crippen LogP) is 4.12. The minimum Gasteiger partial charge on any atom is -0.465 e. The van der Waals surface area contributed by atoms with Gasteiger partial charge in [0.1, 0.15) is 5.76 Å². The van der Waals surface area contributed by atoms with Gasteiger partial charge in [-0.2, -0.15) is 0 Å². The standard InChI is InChI=1S/C23H17NO4/c1-27-23(26)19-7-2-5-17(15-19)10-11-18-6-3-8-20(16-18)24-22(25)13-12-21-9-4-14-28-21/h2-9,12-16H,1H3,(H,24,25). The largest absolute Gasteiger partial charge is 0.465 e. The highest BCUT2D eigenvalue weighted by Gasteiger charge is 2.04. The van der Waals surface area contributed by atoms with Crippen LogP contribution < -0.4 is 5.32 Å². The van der Waals surface area contributed by atoms with Crippen LogP contribution in [0.5, 0.6) is 0 Å². The molecule has 1 aromatic heterocycles. The first-order chi connectivity index (χ1) is 13.6. The Morgan fingerprint density at radius 1 is 1.00 bits per heavy atom. The van der Waals surface area contributed by atoms with Gasteiger partial charge in [-0.15, -0.1) is 0 Å². The van der Waals surface area contributed by atoms with Gasteiger partial charge in [-0.3, -0.25) is 4.79 Å². The highest BCUT2D eigenvalue weighted by atomic mass is 16.5. The number of nitrogens with one attached hydrogen (secondary N) is 1. The van der Waals surface area contributed by atoms with Crippen molar-refractivity contribution in [2.45, 2.75) is 0 Å². The van der Waals surface area contributed by atoms with E-state index in [9.17, 15) is 9.59 Å². The maximum atomic E-state index is 12.0. The van der Waals surface area contributed by atoms with E-state index < -0.39 is 5.97 Å². The van der Waals surface area contributed by atoms with Crippen LogP contribution in [0.4, 0.5) is 5.69 Å². The maximum absolute atomic E-state index is 12.0. The molecule has 0 aliphatic carbocycles. The molecule has 2 aromatic carbocycles. The molecule has 138 valence electrons. The number of hydrogen-bond acceptors (Lipinski definition) is 4. The fraction of sp³-hybridized carbons (Fsp3) is 0.0435. The van der Waals surface area contributed by atoms with Crippen LogP contribution in [0.25, 0.3) is 6.08 Å². The molecule has 0 aliphatic rings. The first-order valence-electron chi connectivity index (χ1n) is 8.47. The van der Waals surface area contributed by atoms with E-state index in [2.05, 4.69) is 17.2 Å². The van der Waals surface area contributed by atoms with Crippen molar-refractivity contribution in [1.29, 1.82) is 0 Å². The van der Waals surface area contributed by atoms with Gasteiger partial charge in [0.15, 0.2) is 0 Å². The first-order valence-corrected chi connectivity index (χ1v) is 8.47. The van der Waals surface area contributed by atoms with E-state index in [1.54, 1.807) is 60.9 Å². The lowest BCUT2D eigenvalue weighted by molar-refractivity contribution is -0.111. The molecule has 3 rings (SSSR count). The number of methoxy groups -OCH3 is 1. The fourth-order valence-electron chi connectivity index (χ4n) is 2.39. The van der Waals surface area contributed by atoms with Crippen LogP contribution in [0, 0.1) is 11.8 Å². The summed E-state index contributed by atoms with van der Waals surface area (Å²) in [5.74, 6) is 5.96. The first kappa shape index (κ1) is 18.7. The van der Waals surface area contributed by atoms with E-state index in [0.717, 1.165) is 5.56 Å². The van der Waals surface area contributed by atoms with Crippen molar-refractivity contribution in [3.05, 3.63) is 95.5 Å². The van der Waals surface area contributed by atoms with E-state index in [1.807, 2.05) is 12.1 Å². The normalized spacial score (nSPS) is 10.2. The molecule has 0 fully saturated rings. The summed E-state index contributed by atoms with van der Waals surface area (Å²) in [6.07, 6.45) is 4.53. The Bertz CT molecular complexity index is 1070. The van der Waals surface area contributed by atoms with Crippen molar-refractivity contribution in [3.63, 3.8) is 0 Å². The van der Waals surface area contributed by atoms with Crippen molar-refractivity contribution < 1.29 is 18.7 Å². The number of rotatable bonds is 4. The van der Waals surface area contributed by atoms with Gasteiger partial charge in [-0.05, 0) is 54.6 Å². The smallest absolute Gasteiger partial charge is 0.337 e. The molecule has 0 spiro atoms. The molecule has 1 amide bonds. The number of anilines is 1. The van der Waals surface area contributed by atoms with Gasteiger partial charge in [0.05, 0.1) is 18.9 Å². The second kappa shape index (κ2) is 9.06. The SMILES string of the molecule is COC(=O)c1cccc(C#Cc2cccc(NC(=O)C=Cc3ccco3)c2)c1. The fourth-order valence-corrected chi connectivity index (χ4v) is 2.39. The van der Waals surface area contributed by atoms with E-state index in [-0.39, 0.29) is 5.91 Å². The van der Waals surface area contributed by atoms with Gasteiger partial charge in [-0.1, -0.05) is 24.0 Å². The molecule has 5 nitrogen and oxygen atoms in total. The number of benzene rings is 2. The lowest BCUT2D eigenvalue weighted by Crippen LogP contribution is -2.07. The highest BCUT2D eigenvalue weighted by Crippen LogP contribution is 2.11. The summed E-state index contributed by atoms with van der Waals surface area (Å²) in [6, 6.07) is 17.6. The monoisotopic (exact) mass is 371 g/mol. The molecule has 5 heteroatoms. The zero-order valence-corrected chi connectivity index (χ0v) is 15.1. The predicted molar refractivity (Wildman–Crippen MR) is 107 cm³/mol. The van der Waals surface area contributed by atoms with E-state index >= 15 is 0 Å². The van der Waals surface area contributed by atoms with Crippen molar-refractivity contribution in [2.75, 3.05) is 12.4 Å². The Kier molecular flexibility index (Phi) is 6.06. The third kappa shape index (κ3) is 5.23. The van der Waals surface area contributed by atoms with E-state index in [1.165, 1.54) is 13.2 Å². The topological polar surface area (TPSA) is 68.5 Å². The van der Waals surface area contributed by atoms with Gasteiger partial charge >= 0.3 is 5.97 Å². The van der Waals surface area contributed by atoms with Gasteiger partial charge < -0.3 is 14.5 Å². The number of ether oxygens (including phenoxy) is 1. The highest BCUT2D eigenvalue weighted by molar-refractivity contribution is 6.01. The van der Waals surface area contributed by atoms with Crippen LogP contribution >= 0.6 is 0 Å². The Morgan fingerprint density at radius 2 is 1.75 bits per heavy atom. The summed E-state index contributed by atoms with van der Waals surface area (Å²) in [7, 11) is 1.34. The summed E-state index contributed by atoms with van der Waals surface area (Å²) in [5.41, 5.74) is 2.50. The molecule has 3 aromatic rings. The van der Waals surface area contributed by atoms with Crippen molar-refractivity contribution in [1.82, 2.24) is 0 Å². The number of esters is 1. The Morgan fingerprint density at radius 3 is 2.46 bits per heavy atom. The minimum absolute atomic E-state index is 0.271. The zero-order valence-electron chi connectivity index (χ0n) is 15.1. The summed E-state index contributed by atoms with van der Waals surface area (Å²) < 4.78 is 9.85. The second-order valence-corrected chi connectivity index (χ2v) is 5.74. The number of amides is 1. The van der Waals surface area contributed by atoms with Crippen LogP contribution in [0.3, 0.4) is 0 Å². The Balaban J connectivity index is 1.70. The summed E-state index contributed by atoms with van der Waals surface area (Å²) in [4.78, 5) is 23.6. The Hall–Kier alpha value is -4.04. The molecule has 0 saturated carbocycles.